The van der Waals surface area contributed by atoms with Crippen LogP contribution in [0.5, 0.6) is 11.8 Å². The molecule has 3 aromatic rings. The van der Waals surface area contributed by atoms with Gasteiger partial charge in [-0.25, -0.2) is 14.2 Å². The number of nitrogens with zero attached hydrogens (tertiary/aromatic N) is 2. The lowest BCUT2D eigenvalue weighted by atomic mass is 9.98. The number of alkyl halides is 3. The maximum absolute atomic E-state index is 15.1. The highest BCUT2D eigenvalue weighted by Gasteiger charge is 2.31. The number of nitrogens with two attached hydrogens (primary N) is 1. The summed E-state index contributed by atoms with van der Waals surface area (Å²) in [5.41, 5.74) is 4.64. The second kappa shape index (κ2) is 11.7. The molecular weight excluding hydrogens is 528 g/mol. The SMILES string of the molecule is COc1cc(Nc2nc(N[C@H](c3ccc(C(F)(F)F)cc3)[C@H](C)NC(=O)O)c(F)cc2C(N)=O)cc(OC)n1. The number of primary amides is 1. The van der Waals surface area contributed by atoms with Crippen LogP contribution in [-0.4, -0.2) is 47.3 Å². The number of aromatic nitrogens is 2. The molecule has 39 heavy (non-hydrogen) atoms. The van der Waals surface area contributed by atoms with Crippen LogP contribution in [0.4, 0.5) is 39.7 Å². The first-order valence-corrected chi connectivity index (χ1v) is 11.1. The van der Waals surface area contributed by atoms with Gasteiger partial charge in [0.2, 0.25) is 11.8 Å². The highest BCUT2D eigenvalue weighted by Crippen LogP contribution is 2.33. The molecule has 0 saturated carbocycles. The van der Waals surface area contributed by atoms with Gasteiger partial charge in [-0.15, -0.1) is 0 Å². The van der Waals surface area contributed by atoms with Gasteiger partial charge in [0.25, 0.3) is 5.91 Å². The van der Waals surface area contributed by atoms with Gasteiger partial charge in [0.15, 0.2) is 11.6 Å². The van der Waals surface area contributed by atoms with E-state index >= 15 is 4.39 Å². The Kier molecular flexibility index (Phi) is 8.63. The minimum absolute atomic E-state index is 0.147. The predicted molar refractivity (Wildman–Crippen MR) is 132 cm³/mol. The Morgan fingerprint density at radius 1 is 1.00 bits per heavy atom. The maximum atomic E-state index is 15.1. The number of amides is 2. The largest absolute Gasteiger partial charge is 0.481 e. The van der Waals surface area contributed by atoms with Crippen LogP contribution >= 0.6 is 0 Å². The Hall–Kier alpha value is -4.82. The fraction of sp³-hybridized carbons (Fsp3) is 0.250. The molecule has 0 bridgehead atoms. The van der Waals surface area contributed by atoms with E-state index in [0.717, 1.165) is 30.3 Å². The van der Waals surface area contributed by atoms with E-state index in [2.05, 4.69) is 25.9 Å². The molecule has 2 atom stereocenters. The standard InChI is InChI=1S/C24H24F4N6O5/c1-11(30-23(36)37)19(12-4-6-13(7-5-12)24(26,27)28)33-22-16(25)10-15(20(29)35)21(34-22)31-14-8-17(38-2)32-18(9-14)39-3/h4-11,19,30H,1-3H3,(H2,29,35)(H,36,37)(H2,31,32,33,34)/t11-,19-/m0/s1. The number of carbonyl (C=O) groups excluding carboxylic acids is 1. The Morgan fingerprint density at radius 3 is 2.08 bits per heavy atom. The number of carbonyl (C=O) groups is 2. The third kappa shape index (κ3) is 7.15. The third-order valence-corrected chi connectivity index (χ3v) is 5.44. The van der Waals surface area contributed by atoms with E-state index in [1.165, 1.54) is 33.3 Å². The van der Waals surface area contributed by atoms with Crippen LogP contribution in [0.2, 0.25) is 0 Å². The molecule has 3 rings (SSSR count). The molecule has 0 fully saturated rings. The van der Waals surface area contributed by atoms with E-state index in [1.807, 2.05) is 0 Å². The van der Waals surface area contributed by atoms with Gasteiger partial charge in [-0.05, 0) is 30.7 Å². The summed E-state index contributed by atoms with van der Waals surface area (Å²) in [6, 6.07) is 5.53. The van der Waals surface area contributed by atoms with Crippen LogP contribution in [0, 0.1) is 5.82 Å². The molecule has 0 unspecified atom stereocenters. The molecule has 11 nitrogen and oxygen atoms in total. The number of methoxy groups -OCH3 is 2. The molecular formula is C24H24F4N6O5. The minimum atomic E-state index is -4.59. The fourth-order valence-corrected chi connectivity index (χ4v) is 3.57. The lowest BCUT2D eigenvalue weighted by Crippen LogP contribution is -2.39. The van der Waals surface area contributed by atoms with Crippen molar-refractivity contribution < 1.29 is 41.7 Å². The Morgan fingerprint density at radius 2 is 1.59 bits per heavy atom. The molecule has 0 aliphatic heterocycles. The van der Waals surface area contributed by atoms with E-state index < -0.39 is 47.5 Å². The Labute approximate surface area is 219 Å². The average molecular weight is 552 g/mol. The van der Waals surface area contributed by atoms with E-state index in [-0.39, 0.29) is 34.4 Å². The minimum Gasteiger partial charge on any atom is -0.481 e. The first kappa shape index (κ1) is 28.7. The van der Waals surface area contributed by atoms with Crippen molar-refractivity contribution in [3.63, 3.8) is 0 Å². The summed E-state index contributed by atoms with van der Waals surface area (Å²) in [5.74, 6) is -2.38. The molecule has 15 heteroatoms. The van der Waals surface area contributed by atoms with Crippen molar-refractivity contribution >= 4 is 29.3 Å². The summed E-state index contributed by atoms with van der Waals surface area (Å²) in [4.78, 5) is 31.5. The number of pyridine rings is 2. The first-order valence-electron chi connectivity index (χ1n) is 11.1. The molecule has 0 radical (unpaired) electrons. The summed E-state index contributed by atoms with van der Waals surface area (Å²) >= 11 is 0. The van der Waals surface area contributed by atoms with Gasteiger partial charge < -0.3 is 36.3 Å². The molecule has 0 spiro atoms. The Bertz CT molecular complexity index is 1330. The zero-order chi connectivity index (χ0) is 28.9. The monoisotopic (exact) mass is 552 g/mol. The summed E-state index contributed by atoms with van der Waals surface area (Å²) in [5, 5.41) is 16.9. The molecule has 2 amide bonds. The number of rotatable bonds is 10. The van der Waals surface area contributed by atoms with Gasteiger partial charge in [-0.2, -0.15) is 18.2 Å². The van der Waals surface area contributed by atoms with Crippen molar-refractivity contribution in [2.24, 2.45) is 5.73 Å². The molecule has 6 N–H and O–H groups in total. The van der Waals surface area contributed by atoms with Crippen molar-refractivity contribution in [1.82, 2.24) is 15.3 Å². The molecule has 0 aliphatic rings. The number of ether oxygens (including phenoxy) is 2. The molecule has 0 saturated heterocycles. The van der Waals surface area contributed by atoms with Crippen LogP contribution in [0.1, 0.15) is 34.5 Å². The van der Waals surface area contributed by atoms with Gasteiger partial charge in [-0.1, -0.05) is 12.1 Å². The second-order valence-corrected chi connectivity index (χ2v) is 8.12. The van der Waals surface area contributed by atoms with Gasteiger partial charge in [0.05, 0.1) is 43.1 Å². The van der Waals surface area contributed by atoms with Crippen LogP contribution in [0.3, 0.4) is 0 Å². The summed E-state index contributed by atoms with van der Waals surface area (Å²) in [6.07, 6.45) is -6.01. The second-order valence-electron chi connectivity index (χ2n) is 8.12. The molecule has 0 aliphatic carbocycles. The normalized spacial score (nSPS) is 12.7. The molecule has 2 heterocycles. The number of benzene rings is 1. The number of hydrogen-bond acceptors (Lipinski definition) is 8. The number of hydrogen-bond donors (Lipinski definition) is 5. The zero-order valence-electron chi connectivity index (χ0n) is 20.8. The lowest BCUT2D eigenvalue weighted by molar-refractivity contribution is -0.137. The van der Waals surface area contributed by atoms with Gasteiger partial charge >= 0.3 is 12.3 Å². The third-order valence-electron chi connectivity index (χ3n) is 5.44. The molecule has 208 valence electrons. The maximum Gasteiger partial charge on any atom is 0.416 e. The van der Waals surface area contributed by atoms with Gasteiger partial charge in [0.1, 0.15) is 5.82 Å². The van der Waals surface area contributed by atoms with Crippen LogP contribution in [0.25, 0.3) is 0 Å². The number of anilines is 3. The lowest BCUT2D eigenvalue weighted by Gasteiger charge is -2.27. The first-order chi connectivity index (χ1) is 18.3. The van der Waals surface area contributed by atoms with E-state index in [4.69, 9.17) is 15.2 Å². The van der Waals surface area contributed by atoms with Crippen LogP contribution in [0.15, 0.2) is 42.5 Å². The van der Waals surface area contributed by atoms with Crippen molar-refractivity contribution in [3.8, 4) is 11.8 Å². The Balaban J connectivity index is 2.05. The van der Waals surface area contributed by atoms with Crippen LogP contribution in [-0.2, 0) is 6.18 Å². The average Bonchev–Trinajstić information content (AvgIpc) is 2.87. The predicted octanol–water partition coefficient (Wildman–Crippen LogP) is 4.30. The smallest absolute Gasteiger partial charge is 0.416 e. The number of carboxylic acid groups (broad SMARTS) is 1. The van der Waals surface area contributed by atoms with Crippen LogP contribution < -0.4 is 31.2 Å². The summed E-state index contributed by atoms with van der Waals surface area (Å²) in [6.45, 7) is 1.42. The van der Waals surface area contributed by atoms with E-state index in [9.17, 15) is 27.9 Å². The highest BCUT2D eigenvalue weighted by atomic mass is 19.4. The highest BCUT2D eigenvalue weighted by molar-refractivity contribution is 5.98. The van der Waals surface area contributed by atoms with Crippen molar-refractivity contribution in [1.29, 1.82) is 0 Å². The van der Waals surface area contributed by atoms with Gasteiger partial charge in [-0.3, -0.25) is 4.79 Å². The zero-order valence-corrected chi connectivity index (χ0v) is 20.8. The summed E-state index contributed by atoms with van der Waals surface area (Å²) < 4.78 is 64.4. The van der Waals surface area contributed by atoms with Crippen molar-refractivity contribution in [2.45, 2.75) is 25.2 Å². The van der Waals surface area contributed by atoms with E-state index in [1.54, 1.807) is 0 Å². The summed E-state index contributed by atoms with van der Waals surface area (Å²) in [7, 11) is 2.73. The van der Waals surface area contributed by atoms with Crippen molar-refractivity contribution in [3.05, 3.63) is 65.0 Å². The topological polar surface area (TPSA) is 161 Å². The van der Waals surface area contributed by atoms with Gasteiger partial charge in [0, 0.05) is 12.1 Å². The van der Waals surface area contributed by atoms with Crippen molar-refractivity contribution in [2.75, 3.05) is 24.9 Å². The number of halogens is 4. The number of nitrogens with one attached hydrogen (secondary N) is 3. The quantitative estimate of drug-likeness (QED) is 0.231. The fourth-order valence-electron chi connectivity index (χ4n) is 3.57. The molecule has 2 aromatic heterocycles. The van der Waals surface area contributed by atoms with E-state index in [0.29, 0.717) is 0 Å². The molecule has 1 aromatic carbocycles.